The van der Waals surface area contributed by atoms with Crippen molar-refractivity contribution in [3.63, 3.8) is 0 Å². The summed E-state index contributed by atoms with van der Waals surface area (Å²) in [7, 11) is 0. The molecule has 0 aliphatic carbocycles. The van der Waals surface area contributed by atoms with Crippen LogP contribution in [0.1, 0.15) is 20.7 Å². The Morgan fingerprint density at radius 3 is 2.64 bits per heavy atom. The fourth-order valence-electron chi connectivity index (χ4n) is 2.73. The molecule has 0 fully saturated rings. The SMILES string of the molecule is O=C(CN1C(=O)c2cccc([N+](=O)[O-])c2C1=O)NCCOc1cccc(Cl)c1. The van der Waals surface area contributed by atoms with Crippen LogP contribution in [0.4, 0.5) is 5.69 Å². The van der Waals surface area contributed by atoms with E-state index >= 15 is 0 Å². The number of carbonyl (C=O) groups excluding carboxylic acids is 3. The van der Waals surface area contributed by atoms with E-state index in [-0.39, 0.29) is 24.3 Å². The van der Waals surface area contributed by atoms with Crippen LogP contribution in [0.3, 0.4) is 0 Å². The number of ether oxygens (including phenoxy) is 1. The van der Waals surface area contributed by atoms with Crippen molar-refractivity contribution in [3.05, 3.63) is 68.7 Å². The van der Waals surface area contributed by atoms with Crippen molar-refractivity contribution in [3.8, 4) is 5.75 Å². The molecule has 1 aliphatic rings. The fraction of sp³-hybridized carbons (Fsp3) is 0.167. The van der Waals surface area contributed by atoms with Gasteiger partial charge in [-0.05, 0) is 24.3 Å². The zero-order valence-corrected chi connectivity index (χ0v) is 15.1. The fourth-order valence-corrected chi connectivity index (χ4v) is 2.91. The van der Waals surface area contributed by atoms with Crippen LogP contribution >= 0.6 is 11.6 Å². The highest BCUT2D eigenvalue weighted by molar-refractivity contribution is 6.30. The second-order valence-electron chi connectivity index (χ2n) is 5.81. The Kier molecular flexibility index (Phi) is 5.55. The van der Waals surface area contributed by atoms with Gasteiger partial charge in [-0.3, -0.25) is 29.4 Å². The molecule has 1 heterocycles. The average molecular weight is 404 g/mol. The summed E-state index contributed by atoms with van der Waals surface area (Å²) in [5.74, 6) is -1.66. The number of hydrogen-bond donors (Lipinski definition) is 1. The molecule has 2 aromatic carbocycles. The lowest BCUT2D eigenvalue weighted by atomic mass is 10.1. The first-order chi connectivity index (χ1) is 13.4. The zero-order valence-electron chi connectivity index (χ0n) is 14.4. The van der Waals surface area contributed by atoms with Gasteiger partial charge in [-0.2, -0.15) is 0 Å². The third-order valence-corrected chi connectivity index (χ3v) is 4.20. The number of carbonyl (C=O) groups is 3. The molecule has 2 aromatic rings. The molecule has 1 N–H and O–H groups in total. The number of nitrogens with one attached hydrogen (secondary N) is 1. The summed E-state index contributed by atoms with van der Waals surface area (Å²) in [5.41, 5.74) is -0.848. The van der Waals surface area contributed by atoms with Crippen LogP contribution in [0.15, 0.2) is 42.5 Å². The van der Waals surface area contributed by atoms with Gasteiger partial charge in [0, 0.05) is 11.1 Å². The minimum Gasteiger partial charge on any atom is -0.492 e. The van der Waals surface area contributed by atoms with Gasteiger partial charge < -0.3 is 10.1 Å². The third kappa shape index (κ3) is 3.94. The number of nitrogens with zero attached hydrogens (tertiary/aromatic N) is 2. The van der Waals surface area contributed by atoms with Crippen molar-refractivity contribution in [2.24, 2.45) is 0 Å². The second kappa shape index (κ2) is 8.05. The average Bonchev–Trinajstić information content (AvgIpc) is 2.90. The van der Waals surface area contributed by atoms with Gasteiger partial charge in [0.15, 0.2) is 0 Å². The summed E-state index contributed by atoms with van der Waals surface area (Å²) < 4.78 is 5.42. The molecule has 3 amide bonds. The smallest absolute Gasteiger partial charge is 0.282 e. The molecule has 0 saturated heterocycles. The van der Waals surface area contributed by atoms with Crippen LogP contribution in [0, 0.1) is 10.1 Å². The number of hydrogen-bond acceptors (Lipinski definition) is 6. The number of nitro benzene ring substituents is 1. The maximum Gasteiger partial charge on any atom is 0.282 e. The normalized spacial score (nSPS) is 12.7. The van der Waals surface area contributed by atoms with E-state index in [0.717, 1.165) is 6.07 Å². The second-order valence-corrected chi connectivity index (χ2v) is 6.25. The summed E-state index contributed by atoms with van der Waals surface area (Å²) in [6, 6.07) is 10.5. The van der Waals surface area contributed by atoms with Gasteiger partial charge in [0.05, 0.1) is 17.0 Å². The molecule has 0 atom stereocenters. The highest BCUT2D eigenvalue weighted by atomic mass is 35.5. The van der Waals surface area contributed by atoms with Crippen LogP contribution in [0.25, 0.3) is 0 Å². The Balaban J connectivity index is 1.56. The molecule has 28 heavy (non-hydrogen) atoms. The monoisotopic (exact) mass is 403 g/mol. The Morgan fingerprint density at radius 1 is 1.18 bits per heavy atom. The highest BCUT2D eigenvalue weighted by Gasteiger charge is 2.41. The van der Waals surface area contributed by atoms with Crippen LogP contribution in [0.5, 0.6) is 5.75 Å². The minimum atomic E-state index is -0.863. The van der Waals surface area contributed by atoms with Crippen LogP contribution < -0.4 is 10.1 Å². The lowest BCUT2D eigenvalue weighted by molar-refractivity contribution is -0.385. The molecule has 0 saturated carbocycles. The van der Waals surface area contributed by atoms with Gasteiger partial charge in [0.2, 0.25) is 5.91 Å². The van der Waals surface area contributed by atoms with Gasteiger partial charge in [0.1, 0.15) is 24.5 Å². The Morgan fingerprint density at radius 2 is 1.93 bits per heavy atom. The van der Waals surface area contributed by atoms with E-state index in [1.807, 2.05) is 0 Å². The molecule has 0 aromatic heterocycles. The summed E-state index contributed by atoms with van der Waals surface area (Å²) in [4.78, 5) is 47.8. The van der Waals surface area contributed by atoms with E-state index in [1.54, 1.807) is 24.3 Å². The molecule has 0 unspecified atom stereocenters. The predicted octanol–water partition coefficient (Wildman–Crippen LogP) is 2.04. The molecule has 0 radical (unpaired) electrons. The first kappa shape index (κ1) is 19.3. The number of halogens is 1. The van der Waals surface area contributed by atoms with Gasteiger partial charge in [-0.1, -0.05) is 23.7 Å². The molecule has 144 valence electrons. The Hall–Kier alpha value is -3.46. The highest BCUT2D eigenvalue weighted by Crippen LogP contribution is 2.30. The summed E-state index contributed by atoms with van der Waals surface area (Å²) in [6.07, 6.45) is 0. The Bertz CT molecular complexity index is 978. The Labute approximate surface area is 164 Å². The van der Waals surface area contributed by atoms with Gasteiger partial charge >= 0.3 is 0 Å². The van der Waals surface area contributed by atoms with E-state index in [4.69, 9.17) is 16.3 Å². The largest absolute Gasteiger partial charge is 0.492 e. The van der Waals surface area contributed by atoms with Gasteiger partial charge in [-0.15, -0.1) is 0 Å². The zero-order chi connectivity index (χ0) is 20.3. The molecule has 1 aliphatic heterocycles. The summed E-state index contributed by atoms with van der Waals surface area (Å²) in [6.45, 7) is -0.255. The topological polar surface area (TPSA) is 119 Å². The van der Waals surface area contributed by atoms with Crippen molar-refractivity contribution in [1.82, 2.24) is 10.2 Å². The molecule has 10 heteroatoms. The number of imide groups is 1. The number of nitro groups is 1. The molecule has 9 nitrogen and oxygen atoms in total. The standard InChI is InChI=1S/C18H14ClN3O6/c19-11-3-1-4-12(9-11)28-8-7-20-15(23)10-21-17(24)13-5-2-6-14(22(26)27)16(13)18(21)25/h1-6,9H,7-8,10H2,(H,20,23). The quantitative estimate of drug-likeness (QED) is 0.327. The van der Waals surface area contributed by atoms with Crippen molar-refractivity contribution >= 4 is 35.0 Å². The van der Waals surface area contributed by atoms with Crippen LogP contribution in [0.2, 0.25) is 5.02 Å². The third-order valence-electron chi connectivity index (χ3n) is 3.96. The van der Waals surface area contributed by atoms with Crippen molar-refractivity contribution in [1.29, 1.82) is 0 Å². The van der Waals surface area contributed by atoms with Crippen LogP contribution in [-0.2, 0) is 4.79 Å². The number of rotatable bonds is 7. The molecular weight excluding hydrogens is 390 g/mol. The number of amides is 3. The lowest BCUT2D eigenvalue weighted by Crippen LogP contribution is -2.41. The number of benzene rings is 2. The molecular formula is C18H14ClN3O6. The molecule has 0 spiro atoms. The maximum absolute atomic E-state index is 12.4. The maximum atomic E-state index is 12.4. The van der Waals surface area contributed by atoms with Crippen LogP contribution in [-0.4, -0.2) is 47.2 Å². The van der Waals surface area contributed by atoms with E-state index in [2.05, 4.69) is 5.32 Å². The first-order valence-electron chi connectivity index (χ1n) is 8.17. The lowest BCUT2D eigenvalue weighted by Gasteiger charge is -2.13. The van der Waals surface area contributed by atoms with Gasteiger partial charge in [-0.25, -0.2) is 0 Å². The number of fused-ring (bicyclic) bond motifs is 1. The predicted molar refractivity (Wildman–Crippen MR) is 98.4 cm³/mol. The van der Waals surface area contributed by atoms with Crippen molar-refractivity contribution in [2.45, 2.75) is 0 Å². The van der Waals surface area contributed by atoms with E-state index in [9.17, 15) is 24.5 Å². The summed E-state index contributed by atoms with van der Waals surface area (Å²) in [5, 5.41) is 14.1. The van der Waals surface area contributed by atoms with E-state index < -0.39 is 34.9 Å². The first-order valence-corrected chi connectivity index (χ1v) is 8.55. The van der Waals surface area contributed by atoms with Crippen molar-refractivity contribution < 1.29 is 24.0 Å². The molecule has 0 bridgehead atoms. The molecule has 3 rings (SSSR count). The summed E-state index contributed by atoms with van der Waals surface area (Å²) >= 11 is 5.84. The van der Waals surface area contributed by atoms with Gasteiger partial charge in [0.25, 0.3) is 17.5 Å². The van der Waals surface area contributed by atoms with E-state index in [1.165, 1.54) is 12.1 Å². The minimum absolute atomic E-state index is 0.0868. The van der Waals surface area contributed by atoms with E-state index in [0.29, 0.717) is 15.7 Å². The van der Waals surface area contributed by atoms with Crippen molar-refractivity contribution in [2.75, 3.05) is 19.7 Å².